The highest BCUT2D eigenvalue weighted by Crippen LogP contribution is 2.21. The molecule has 0 aromatic heterocycles. The van der Waals surface area contributed by atoms with Crippen LogP contribution in [0.2, 0.25) is 0 Å². The van der Waals surface area contributed by atoms with Crippen molar-refractivity contribution in [2.45, 2.75) is 26.7 Å². The van der Waals surface area contributed by atoms with Crippen LogP contribution in [0.25, 0.3) is 0 Å². The van der Waals surface area contributed by atoms with Crippen LogP contribution in [0, 0.1) is 11.7 Å². The second-order valence-corrected chi connectivity index (χ2v) is 4.18. The molecule has 0 N–H and O–H groups in total. The maximum absolute atomic E-state index is 13.7. The van der Waals surface area contributed by atoms with Gasteiger partial charge in [0.05, 0.1) is 12.7 Å². The number of halogens is 1. The van der Waals surface area contributed by atoms with Gasteiger partial charge in [0.15, 0.2) is 17.3 Å². The zero-order valence-electron chi connectivity index (χ0n) is 9.92. The predicted molar refractivity (Wildman–Crippen MR) is 61.4 cm³/mol. The van der Waals surface area contributed by atoms with Gasteiger partial charge in [0.2, 0.25) is 0 Å². The van der Waals surface area contributed by atoms with E-state index in [0.29, 0.717) is 12.3 Å². The number of carbonyl (C=O) groups is 1. The van der Waals surface area contributed by atoms with E-state index in [1.807, 2.05) is 13.8 Å². The molecule has 0 unspecified atom stereocenters. The first-order chi connectivity index (χ1) is 7.56. The average Bonchev–Trinajstić information content (AvgIpc) is 2.26. The van der Waals surface area contributed by atoms with E-state index in [9.17, 15) is 9.18 Å². The molecule has 0 radical (unpaired) electrons. The number of ether oxygens (including phenoxy) is 1. The number of ketones is 1. The summed E-state index contributed by atoms with van der Waals surface area (Å²) in [6.45, 7) is 4.07. The Labute approximate surface area is 95.4 Å². The molecule has 0 aliphatic rings. The molecule has 0 bridgehead atoms. The standard InChI is InChI=1S/C13H17FO2/c1-9(2)7-8-11(15)10-5-4-6-12(16-3)13(10)14/h4-6,9H,7-8H2,1-3H3. The van der Waals surface area contributed by atoms with Crippen molar-refractivity contribution in [1.82, 2.24) is 0 Å². The lowest BCUT2D eigenvalue weighted by molar-refractivity contribution is 0.0970. The van der Waals surface area contributed by atoms with E-state index in [-0.39, 0.29) is 17.1 Å². The van der Waals surface area contributed by atoms with Crippen molar-refractivity contribution in [2.75, 3.05) is 7.11 Å². The van der Waals surface area contributed by atoms with Crippen LogP contribution < -0.4 is 4.74 Å². The molecule has 0 aliphatic carbocycles. The number of hydrogen-bond acceptors (Lipinski definition) is 2. The number of rotatable bonds is 5. The molecule has 16 heavy (non-hydrogen) atoms. The molecule has 0 saturated carbocycles. The average molecular weight is 224 g/mol. The first-order valence-electron chi connectivity index (χ1n) is 5.42. The highest BCUT2D eigenvalue weighted by molar-refractivity contribution is 5.96. The third kappa shape index (κ3) is 3.05. The number of benzene rings is 1. The lowest BCUT2D eigenvalue weighted by atomic mass is 10.0. The Hall–Kier alpha value is -1.38. The highest BCUT2D eigenvalue weighted by Gasteiger charge is 2.15. The molecule has 0 heterocycles. The number of Topliss-reactive ketones (excluding diaryl/α,β-unsaturated/α-hetero) is 1. The molecule has 0 saturated heterocycles. The van der Waals surface area contributed by atoms with E-state index in [1.54, 1.807) is 6.07 Å². The first-order valence-corrected chi connectivity index (χ1v) is 5.42. The summed E-state index contributed by atoms with van der Waals surface area (Å²) in [5.74, 6) is -0.156. The largest absolute Gasteiger partial charge is 0.494 e. The van der Waals surface area contributed by atoms with Crippen LogP contribution in [-0.4, -0.2) is 12.9 Å². The van der Waals surface area contributed by atoms with Gasteiger partial charge in [-0.25, -0.2) is 4.39 Å². The summed E-state index contributed by atoms with van der Waals surface area (Å²) in [4.78, 5) is 11.7. The summed E-state index contributed by atoms with van der Waals surface area (Å²) >= 11 is 0. The van der Waals surface area contributed by atoms with Gasteiger partial charge in [-0.1, -0.05) is 19.9 Å². The SMILES string of the molecule is COc1cccc(C(=O)CCC(C)C)c1F. The molecular weight excluding hydrogens is 207 g/mol. The van der Waals surface area contributed by atoms with Crippen LogP contribution in [0.4, 0.5) is 4.39 Å². The molecule has 0 atom stereocenters. The molecule has 1 aromatic carbocycles. The summed E-state index contributed by atoms with van der Waals surface area (Å²) in [6.07, 6.45) is 1.15. The van der Waals surface area contributed by atoms with Crippen molar-refractivity contribution in [3.8, 4) is 5.75 Å². The van der Waals surface area contributed by atoms with Crippen LogP contribution in [0.15, 0.2) is 18.2 Å². The fourth-order valence-electron chi connectivity index (χ4n) is 1.44. The quantitative estimate of drug-likeness (QED) is 0.716. The Balaban J connectivity index is 2.83. The van der Waals surface area contributed by atoms with E-state index in [0.717, 1.165) is 6.42 Å². The Kier molecular flexibility index (Phi) is 4.47. The van der Waals surface area contributed by atoms with Crippen LogP contribution in [-0.2, 0) is 0 Å². The molecule has 3 heteroatoms. The van der Waals surface area contributed by atoms with Gasteiger partial charge >= 0.3 is 0 Å². The maximum atomic E-state index is 13.7. The molecular formula is C13H17FO2. The van der Waals surface area contributed by atoms with Crippen molar-refractivity contribution in [1.29, 1.82) is 0 Å². The zero-order chi connectivity index (χ0) is 12.1. The van der Waals surface area contributed by atoms with E-state index < -0.39 is 5.82 Å². The lowest BCUT2D eigenvalue weighted by Gasteiger charge is -2.07. The second kappa shape index (κ2) is 5.64. The van der Waals surface area contributed by atoms with Gasteiger partial charge in [-0.15, -0.1) is 0 Å². The zero-order valence-corrected chi connectivity index (χ0v) is 9.92. The van der Waals surface area contributed by atoms with E-state index >= 15 is 0 Å². The smallest absolute Gasteiger partial charge is 0.175 e. The van der Waals surface area contributed by atoms with Gasteiger partial charge < -0.3 is 4.74 Å². The lowest BCUT2D eigenvalue weighted by Crippen LogP contribution is -2.05. The van der Waals surface area contributed by atoms with Gasteiger partial charge in [0, 0.05) is 6.42 Å². The third-order valence-corrected chi connectivity index (χ3v) is 2.43. The van der Waals surface area contributed by atoms with Gasteiger partial charge in [0.25, 0.3) is 0 Å². The van der Waals surface area contributed by atoms with Crippen molar-refractivity contribution in [3.63, 3.8) is 0 Å². The van der Waals surface area contributed by atoms with Crippen molar-refractivity contribution in [2.24, 2.45) is 5.92 Å². The third-order valence-electron chi connectivity index (χ3n) is 2.43. The van der Waals surface area contributed by atoms with E-state index in [1.165, 1.54) is 19.2 Å². The molecule has 2 nitrogen and oxygen atoms in total. The Bertz CT molecular complexity index is 372. The highest BCUT2D eigenvalue weighted by atomic mass is 19.1. The van der Waals surface area contributed by atoms with Crippen LogP contribution in [0.1, 0.15) is 37.0 Å². The number of carbonyl (C=O) groups excluding carboxylic acids is 1. The molecule has 0 spiro atoms. The van der Waals surface area contributed by atoms with Crippen molar-refractivity contribution < 1.29 is 13.9 Å². The Morgan fingerprint density at radius 1 is 1.44 bits per heavy atom. The van der Waals surface area contributed by atoms with Gasteiger partial charge in [-0.2, -0.15) is 0 Å². The van der Waals surface area contributed by atoms with E-state index in [4.69, 9.17) is 4.74 Å². The van der Waals surface area contributed by atoms with E-state index in [2.05, 4.69) is 0 Å². The maximum Gasteiger partial charge on any atom is 0.175 e. The minimum absolute atomic E-state index is 0.121. The predicted octanol–water partition coefficient (Wildman–Crippen LogP) is 3.45. The molecule has 0 aliphatic heterocycles. The Morgan fingerprint density at radius 3 is 2.69 bits per heavy atom. The Morgan fingerprint density at radius 2 is 2.12 bits per heavy atom. The minimum Gasteiger partial charge on any atom is -0.494 e. The number of methoxy groups -OCH3 is 1. The number of hydrogen-bond donors (Lipinski definition) is 0. The van der Waals surface area contributed by atoms with Crippen LogP contribution in [0.5, 0.6) is 5.75 Å². The van der Waals surface area contributed by atoms with Crippen LogP contribution in [0.3, 0.4) is 0 Å². The van der Waals surface area contributed by atoms with Crippen molar-refractivity contribution in [3.05, 3.63) is 29.6 Å². The molecule has 1 aromatic rings. The van der Waals surface area contributed by atoms with Gasteiger partial charge in [-0.3, -0.25) is 4.79 Å². The summed E-state index contributed by atoms with van der Waals surface area (Å²) < 4.78 is 18.5. The topological polar surface area (TPSA) is 26.3 Å². The van der Waals surface area contributed by atoms with Crippen molar-refractivity contribution >= 4 is 5.78 Å². The van der Waals surface area contributed by atoms with Gasteiger partial charge in [-0.05, 0) is 24.5 Å². The minimum atomic E-state index is -0.557. The fourth-order valence-corrected chi connectivity index (χ4v) is 1.44. The summed E-state index contributed by atoms with van der Waals surface area (Å²) in [5.41, 5.74) is 0.125. The van der Waals surface area contributed by atoms with Gasteiger partial charge in [0.1, 0.15) is 0 Å². The molecule has 0 amide bonds. The first kappa shape index (κ1) is 12.7. The van der Waals surface area contributed by atoms with Crippen LogP contribution >= 0.6 is 0 Å². The monoisotopic (exact) mass is 224 g/mol. The fraction of sp³-hybridized carbons (Fsp3) is 0.462. The molecule has 1 rings (SSSR count). The second-order valence-electron chi connectivity index (χ2n) is 4.18. The summed E-state index contributed by atoms with van der Waals surface area (Å²) in [5, 5.41) is 0. The normalized spacial score (nSPS) is 10.6. The summed E-state index contributed by atoms with van der Waals surface area (Å²) in [7, 11) is 1.39. The molecule has 0 fully saturated rings. The summed E-state index contributed by atoms with van der Waals surface area (Å²) in [6, 6.07) is 4.64. The molecule has 88 valence electrons.